The molecule has 0 saturated carbocycles. The van der Waals surface area contributed by atoms with Gasteiger partial charge in [0.2, 0.25) is 0 Å². The van der Waals surface area contributed by atoms with Crippen LogP contribution in [-0.2, 0) is 0 Å². The second-order valence-corrected chi connectivity index (χ2v) is 5.00. The molecule has 0 fully saturated rings. The van der Waals surface area contributed by atoms with Crippen LogP contribution in [0.3, 0.4) is 0 Å². The van der Waals surface area contributed by atoms with Crippen molar-refractivity contribution in [3.63, 3.8) is 0 Å². The monoisotopic (exact) mass is 260 g/mol. The number of aromatic nitrogens is 1. The number of pyridine rings is 1. The van der Waals surface area contributed by atoms with Crippen molar-refractivity contribution in [2.75, 3.05) is 18.6 Å². The fourth-order valence-corrected chi connectivity index (χ4v) is 2.15. The van der Waals surface area contributed by atoms with Gasteiger partial charge in [0.05, 0.1) is 0 Å². The first-order chi connectivity index (χ1) is 8.81. The Kier molecular flexibility index (Phi) is 4.59. The van der Waals surface area contributed by atoms with Gasteiger partial charge in [0.25, 0.3) is 5.91 Å². The molecule has 2 aromatic rings. The third-order valence-electron chi connectivity index (χ3n) is 2.67. The van der Waals surface area contributed by atoms with Crippen molar-refractivity contribution in [2.45, 2.75) is 6.42 Å². The van der Waals surface area contributed by atoms with Gasteiger partial charge in [0.15, 0.2) is 0 Å². The van der Waals surface area contributed by atoms with Gasteiger partial charge in [-0.25, -0.2) is 0 Å². The number of fused-ring (bicyclic) bond motifs is 1. The van der Waals surface area contributed by atoms with Crippen molar-refractivity contribution in [2.24, 2.45) is 0 Å². The van der Waals surface area contributed by atoms with Crippen LogP contribution in [0.2, 0.25) is 0 Å². The maximum Gasteiger partial charge on any atom is 0.269 e. The third kappa shape index (κ3) is 3.23. The molecule has 0 unspecified atom stereocenters. The zero-order valence-corrected chi connectivity index (χ0v) is 11.2. The molecule has 3 nitrogen and oxygen atoms in total. The highest BCUT2D eigenvalue weighted by Crippen LogP contribution is 2.13. The summed E-state index contributed by atoms with van der Waals surface area (Å²) in [6, 6.07) is 9.73. The number of nitrogens with zero attached hydrogens (tertiary/aromatic N) is 1. The number of rotatable bonds is 5. The molecule has 0 atom stereocenters. The first kappa shape index (κ1) is 12.9. The van der Waals surface area contributed by atoms with Crippen LogP contribution in [0.25, 0.3) is 10.8 Å². The summed E-state index contributed by atoms with van der Waals surface area (Å²) in [4.78, 5) is 16.1. The average Bonchev–Trinajstić information content (AvgIpc) is 2.43. The van der Waals surface area contributed by atoms with Gasteiger partial charge in [-0.05, 0) is 29.9 Å². The summed E-state index contributed by atoms with van der Waals surface area (Å²) in [7, 11) is 0. The fourth-order valence-electron chi connectivity index (χ4n) is 1.72. The highest BCUT2D eigenvalue weighted by Gasteiger charge is 2.06. The molecule has 4 heteroatoms. The van der Waals surface area contributed by atoms with E-state index in [0.717, 1.165) is 22.9 Å². The lowest BCUT2D eigenvalue weighted by Gasteiger charge is -2.05. The summed E-state index contributed by atoms with van der Waals surface area (Å²) in [5.74, 6) is 0.965. The van der Waals surface area contributed by atoms with Crippen molar-refractivity contribution in [3.05, 3.63) is 42.2 Å². The van der Waals surface area contributed by atoms with Crippen LogP contribution in [0.4, 0.5) is 0 Å². The van der Waals surface area contributed by atoms with Gasteiger partial charge in [-0.1, -0.05) is 24.3 Å². The molecule has 0 radical (unpaired) electrons. The molecular weight excluding hydrogens is 244 g/mol. The molecule has 2 rings (SSSR count). The van der Waals surface area contributed by atoms with Gasteiger partial charge in [0, 0.05) is 18.1 Å². The van der Waals surface area contributed by atoms with Gasteiger partial charge in [-0.15, -0.1) is 0 Å². The topological polar surface area (TPSA) is 42.0 Å². The Hall–Kier alpha value is -1.55. The minimum atomic E-state index is -0.0955. The molecular formula is C14H16N2OS. The summed E-state index contributed by atoms with van der Waals surface area (Å²) in [6.07, 6.45) is 4.79. The van der Waals surface area contributed by atoms with Crippen molar-refractivity contribution in [3.8, 4) is 0 Å². The molecule has 1 aromatic carbocycles. The molecule has 0 saturated heterocycles. The molecule has 0 spiro atoms. The van der Waals surface area contributed by atoms with Crippen molar-refractivity contribution in [1.82, 2.24) is 10.3 Å². The van der Waals surface area contributed by atoms with E-state index in [-0.39, 0.29) is 5.91 Å². The van der Waals surface area contributed by atoms with Gasteiger partial charge < -0.3 is 5.32 Å². The highest BCUT2D eigenvalue weighted by molar-refractivity contribution is 7.98. The van der Waals surface area contributed by atoms with Gasteiger partial charge in [-0.3, -0.25) is 9.78 Å². The Bertz CT molecular complexity index is 542. The van der Waals surface area contributed by atoms with Gasteiger partial charge in [0.1, 0.15) is 5.69 Å². The predicted molar refractivity (Wildman–Crippen MR) is 77.1 cm³/mol. The molecule has 1 amide bonds. The summed E-state index contributed by atoms with van der Waals surface area (Å²) < 4.78 is 0. The minimum absolute atomic E-state index is 0.0955. The quantitative estimate of drug-likeness (QED) is 0.840. The Balaban J connectivity index is 2.04. The summed E-state index contributed by atoms with van der Waals surface area (Å²) in [6.45, 7) is 0.703. The van der Waals surface area contributed by atoms with Crippen LogP contribution in [0, 0.1) is 0 Å². The second-order valence-electron chi connectivity index (χ2n) is 4.02. The van der Waals surface area contributed by atoms with Gasteiger partial charge in [-0.2, -0.15) is 11.8 Å². The highest BCUT2D eigenvalue weighted by atomic mass is 32.2. The molecule has 0 bridgehead atoms. The lowest BCUT2D eigenvalue weighted by molar-refractivity contribution is 0.0949. The lowest BCUT2D eigenvalue weighted by Crippen LogP contribution is -2.25. The van der Waals surface area contributed by atoms with Crippen molar-refractivity contribution in [1.29, 1.82) is 0 Å². The molecule has 94 valence electrons. The largest absolute Gasteiger partial charge is 0.351 e. The van der Waals surface area contributed by atoms with E-state index in [1.165, 1.54) is 0 Å². The van der Waals surface area contributed by atoms with Crippen LogP contribution in [-0.4, -0.2) is 29.4 Å². The number of amides is 1. The molecule has 0 aliphatic carbocycles. The number of benzene rings is 1. The number of hydrogen-bond donors (Lipinski definition) is 1. The van der Waals surface area contributed by atoms with E-state index < -0.39 is 0 Å². The zero-order chi connectivity index (χ0) is 12.8. The SMILES string of the molecule is CSCCCNC(=O)c1cc2ccccc2cn1. The van der Waals surface area contributed by atoms with Crippen LogP contribution >= 0.6 is 11.8 Å². The fraction of sp³-hybridized carbons (Fsp3) is 0.286. The minimum Gasteiger partial charge on any atom is -0.351 e. The molecule has 1 aromatic heterocycles. The number of nitrogens with one attached hydrogen (secondary N) is 1. The van der Waals surface area contributed by atoms with Crippen LogP contribution in [0.1, 0.15) is 16.9 Å². The Morgan fingerprint density at radius 2 is 2.11 bits per heavy atom. The third-order valence-corrected chi connectivity index (χ3v) is 3.37. The van der Waals surface area contributed by atoms with E-state index in [1.54, 1.807) is 18.0 Å². The standard InChI is InChI=1S/C14H16N2OS/c1-18-8-4-7-15-14(17)13-9-11-5-2-3-6-12(11)10-16-13/h2-3,5-6,9-10H,4,7-8H2,1H3,(H,15,17). The molecule has 0 aliphatic heterocycles. The smallest absolute Gasteiger partial charge is 0.269 e. The Morgan fingerprint density at radius 1 is 1.33 bits per heavy atom. The Morgan fingerprint density at radius 3 is 2.89 bits per heavy atom. The zero-order valence-electron chi connectivity index (χ0n) is 10.3. The van der Waals surface area contributed by atoms with E-state index in [4.69, 9.17) is 0 Å². The number of hydrogen-bond acceptors (Lipinski definition) is 3. The van der Waals surface area contributed by atoms with E-state index in [9.17, 15) is 4.79 Å². The van der Waals surface area contributed by atoms with Crippen LogP contribution < -0.4 is 5.32 Å². The average molecular weight is 260 g/mol. The summed E-state index contributed by atoms with van der Waals surface area (Å²) in [5, 5.41) is 4.98. The normalized spacial score (nSPS) is 10.5. The van der Waals surface area contributed by atoms with E-state index >= 15 is 0 Å². The number of thioether (sulfide) groups is 1. The maximum absolute atomic E-state index is 11.9. The maximum atomic E-state index is 11.9. The first-order valence-corrected chi connectivity index (χ1v) is 7.32. The molecule has 0 aliphatic rings. The van der Waals surface area contributed by atoms with Crippen molar-refractivity contribution >= 4 is 28.4 Å². The first-order valence-electron chi connectivity index (χ1n) is 5.93. The molecule has 18 heavy (non-hydrogen) atoms. The van der Waals surface area contributed by atoms with E-state index in [1.807, 2.05) is 30.3 Å². The molecule has 1 heterocycles. The Labute approximate surface area is 111 Å². The summed E-state index contributed by atoms with van der Waals surface area (Å²) >= 11 is 1.78. The van der Waals surface area contributed by atoms with Crippen molar-refractivity contribution < 1.29 is 4.79 Å². The predicted octanol–water partition coefficient (Wildman–Crippen LogP) is 2.72. The van der Waals surface area contributed by atoms with E-state index in [2.05, 4.69) is 16.6 Å². The number of carbonyl (C=O) groups excluding carboxylic acids is 1. The van der Waals surface area contributed by atoms with E-state index in [0.29, 0.717) is 12.2 Å². The second kappa shape index (κ2) is 6.40. The van der Waals surface area contributed by atoms with Crippen LogP contribution in [0.5, 0.6) is 0 Å². The summed E-state index contributed by atoms with van der Waals surface area (Å²) in [5.41, 5.74) is 0.484. The van der Waals surface area contributed by atoms with Crippen LogP contribution in [0.15, 0.2) is 36.5 Å². The molecule has 1 N–H and O–H groups in total. The van der Waals surface area contributed by atoms with Gasteiger partial charge >= 0.3 is 0 Å². The number of carbonyl (C=O) groups is 1. The lowest BCUT2D eigenvalue weighted by atomic mass is 10.1.